The van der Waals surface area contributed by atoms with Crippen LogP contribution in [0.3, 0.4) is 0 Å². The van der Waals surface area contributed by atoms with Crippen molar-refractivity contribution in [3.05, 3.63) is 29.3 Å². The molecule has 2 saturated heterocycles. The molecule has 11 nitrogen and oxygen atoms in total. The van der Waals surface area contributed by atoms with Crippen LogP contribution < -0.4 is 16.0 Å². The fourth-order valence-corrected chi connectivity index (χ4v) is 5.11. The zero-order valence-electron chi connectivity index (χ0n) is 22.1. The summed E-state index contributed by atoms with van der Waals surface area (Å²) in [5.74, 6) is 1.09. The van der Waals surface area contributed by atoms with Crippen molar-refractivity contribution < 1.29 is 4.79 Å². The van der Waals surface area contributed by atoms with Gasteiger partial charge in [-0.05, 0) is 70.4 Å². The van der Waals surface area contributed by atoms with E-state index in [0.29, 0.717) is 25.0 Å². The summed E-state index contributed by atoms with van der Waals surface area (Å²) in [4.78, 5) is 29.4. The second-order valence-corrected chi connectivity index (χ2v) is 9.98. The molecule has 0 spiro atoms. The minimum atomic E-state index is -0.768. The monoisotopic (exact) mass is 508 g/mol. The van der Waals surface area contributed by atoms with Gasteiger partial charge >= 0.3 is 6.03 Å². The van der Waals surface area contributed by atoms with E-state index in [-0.39, 0.29) is 11.9 Å². The molecular formula is C26H40N10O. The fraction of sp³-hybridized carbons (Fsp3) is 0.577. The molecule has 1 aromatic rings. The lowest BCUT2D eigenvalue weighted by atomic mass is 10.1. The van der Waals surface area contributed by atoms with Crippen molar-refractivity contribution in [2.75, 3.05) is 44.2 Å². The first-order chi connectivity index (χ1) is 17.8. The molecule has 0 saturated carbocycles. The number of carbonyl (C=O) groups excluding carboxylic acids is 1. The number of carbonyl (C=O) groups is 1. The maximum atomic E-state index is 12.2. The molecule has 37 heavy (non-hydrogen) atoms. The average Bonchev–Trinajstić information content (AvgIpc) is 3.56. The van der Waals surface area contributed by atoms with E-state index in [1.165, 1.54) is 0 Å². The van der Waals surface area contributed by atoms with E-state index in [4.69, 9.17) is 26.5 Å². The predicted octanol–water partition coefficient (Wildman–Crippen LogP) is 3.04. The fourth-order valence-electron chi connectivity index (χ4n) is 5.11. The van der Waals surface area contributed by atoms with E-state index >= 15 is 0 Å². The minimum absolute atomic E-state index is 0.120. The lowest BCUT2D eigenvalue weighted by Crippen LogP contribution is -2.55. The van der Waals surface area contributed by atoms with Crippen LogP contribution in [0.5, 0.6) is 0 Å². The maximum Gasteiger partial charge on any atom is 0.318 e. The van der Waals surface area contributed by atoms with Gasteiger partial charge in [0.15, 0.2) is 0 Å². The van der Waals surface area contributed by atoms with E-state index < -0.39 is 6.03 Å². The number of aliphatic imine (C=N–C) groups is 2. The smallest absolute Gasteiger partial charge is 0.318 e. The zero-order chi connectivity index (χ0) is 26.4. The number of likely N-dealkylation sites (tertiary alicyclic amines) is 2. The largest absolute Gasteiger partial charge is 0.351 e. The number of nitrogens with one attached hydrogen (secondary N) is 3. The van der Waals surface area contributed by atoms with Crippen molar-refractivity contribution in [2.45, 2.75) is 58.8 Å². The Labute approximate surface area is 219 Å². The molecule has 1 aromatic carbocycles. The molecule has 3 aliphatic heterocycles. The molecule has 3 aliphatic rings. The van der Waals surface area contributed by atoms with Crippen LogP contribution in [0.4, 0.5) is 10.5 Å². The highest BCUT2D eigenvalue weighted by Gasteiger charge is 2.30. The first-order valence-corrected chi connectivity index (χ1v) is 13.4. The summed E-state index contributed by atoms with van der Waals surface area (Å²) >= 11 is 0. The quantitative estimate of drug-likeness (QED) is 0.341. The number of guanidine groups is 4. The molecule has 0 atom stereocenters. The molecule has 2 fully saturated rings. The van der Waals surface area contributed by atoms with E-state index in [0.717, 1.165) is 87.9 Å². The lowest BCUT2D eigenvalue weighted by molar-refractivity contribution is 0.253. The molecule has 3 heterocycles. The molecule has 2 amide bonds. The summed E-state index contributed by atoms with van der Waals surface area (Å²) in [5.41, 5.74) is 8.42. The third kappa shape index (κ3) is 6.39. The number of benzene rings is 1. The Balaban J connectivity index is 1.80. The van der Waals surface area contributed by atoms with Gasteiger partial charge in [-0.3, -0.25) is 30.9 Å². The van der Waals surface area contributed by atoms with Crippen molar-refractivity contribution in [3.8, 4) is 0 Å². The van der Waals surface area contributed by atoms with Crippen LogP contribution in [0.2, 0.25) is 0 Å². The molecule has 4 rings (SSSR count). The number of rotatable bonds is 1. The first-order valence-electron chi connectivity index (χ1n) is 13.4. The zero-order valence-corrected chi connectivity index (χ0v) is 22.1. The third-order valence-electron chi connectivity index (χ3n) is 7.06. The Hall–Kier alpha value is -3.63. The standard InChI is InChI=1S/C26H40N10O/c1-19-10-11-21(20(2)18-19)36(24(29)34-15-8-9-16-34)26(31-22(27)37)32-25-30-12-4-3-5-17-35(25)23(28)33-13-6-7-14-33/h10-11,18,28-29H,3-9,12-17H2,1-2H3,(H3,27,30,31,32,37). The molecule has 0 aromatic heterocycles. The number of amides is 2. The number of anilines is 1. The molecule has 5 N–H and O–H groups in total. The van der Waals surface area contributed by atoms with E-state index in [1.807, 2.05) is 41.8 Å². The number of nitrogens with two attached hydrogens (primary N) is 1. The number of hydrogen-bond donors (Lipinski definition) is 4. The molecule has 200 valence electrons. The van der Waals surface area contributed by atoms with Crippen LogP contribution >= 0.6 is 0 Å². The van der Waals surface area contributed by atoms with Gasteiger partial charge in [-0.15, -0.1) is 0 Å². The Morgan fingerprint density at radius 3 is 2.27 bits per heavy atom. The molecule has 0 aliphatic carbocycles. The molecule has 0 unspecified atom stereocenters. The Bertz CT molecular complexity index is 1070. The van der Waals surface area contributed by atoms with Crippen LogP contribution in [0.25, 0.3) is 0 Å². The van der Waals surface area contributed by atoms with Gasteiger partial charge in [-0.2, -0.15) is 4.99 Å². The van der Waals surface area contributed by atoms with Gasteiger partial charge in [0.2, 0.25) is 23.8 Å². The highest BCUT2D eigenvalue weighted by molar-refractivity contribution is 6.22. The van der Waals surface area contributed by atoms with Crippen molar-refractivity contribution in [1.29, 1.82) is 10.8 Å². The first kappa shape index (κ1) is 26.4. The number of urea groups is 1. The summed E-state index contributed by atoms with van der Waals surface area (Å²) in [7, 11) is 0. The van der Waals surface area contributed by atoms with Crippen molar-refractivity contribution >= 4 is 35.6 Å². The van der Waals surface area contributed by atoms with Crippen LogP contribution in [0, 0.1) is 24.7 Å². The van der Waals surface area contributed by atoms with Gasteiger partial charge in [0.1, 0.15) is 0 Å². The van der Waals surface area contributed by atoms with Crippen LogP contribution in [0.15, 0.2) is 28.2 Å². The topological polar surface area (TPSA) is 140 Å². The molecule has 0 radical (unpaired) electrons. The normalized spacial score (nSPS) is 18.8. The van der Waals surface area contributed by atoms with Gasteiger partial charge in [0.25, 0.3) is 0 Å². The van der Waals surface area contributed by atoms with Gasteiger partial charge in [0.05, 0.1) is 5.69 Å². The highest BCUT2D eigenvalue weighted by Crippen LogP contribution is 2.24. The summed E-state index contributed by atoms with van der Waals surface area (Å²) in [6, 6.07) is 5.20. The van der Waals surface area contributed by atoms with Crippen LogP contribution in [-0.2, 0) is 0 Å². The van der Waals surface area contributed by atoms with Crippen molar-refractivity contribution in [3.63, 3.8) is 0 Å². The van der Waals surface area contributed by atoms with E-state index in [9.17, 15) is 4.79 Å². The molecule has 0 bridgehead atoms. The number of aryl methyl sites for hydroxylation is 2. The summed E-state index contributed by atoms with van der Waals surface area (Å²) in [5, 5.41) is 20.8. The van der Waals surface area contributed by atoms with Gasteiger partial charge in [-0.25, -0.2) is 4.79 Å². The van der Waals surface area contributed by atoms with Gasteiger partial charge in [0, 0.05) is 39.3 Å². The Morgan fingerprint density at radius 2 is 1.62 bits per heavy atom. The predicted molar refractivity (Wildman–Crippen MR) is 148 cm³/mol. The number of hydrogen-bond acceptors (Lipinski definition) is 5. The minimum Gasteiger partial charge on any atom is -0.351 e. The van der Waals surface area contributed by atoms with Gasteiger partial charge in [-0.1, -0.05) is 17.7 Å². The summed E-state index contributed by atoms with van der Waals surface area (Å²) < 4.78 is 0. The molecule has 11 heteroatoms. The van der Waals surface area contributed by atoms with Crippen molar-refractivity contribution in [1.82, 2.24) is 20.0 Å². The van der Waals surface area contributed by atoms with Gasteiger partial charge < -0.3 is 15.5 Å². The average molecular weight is 509 g/mol. The summed E-state index contributed by atoms with van der Waals surface area (Å²) in [6.45, 7) is 8.41. The Morgan fingerprint density at radius 1 is 0.973 bits per heavy atom. The SMILES string of the molecule is Cc1ccc(N(C(=N)N2CCCC2)/C(=N/C2=NCCCCCN2C(=N)N2CCCC2)NC(N)=O)c(C)c1. The van der Waals surface area contributed by atoms with Crippen LogP contribution in [0.1, 0.15) is 56.1 Å². The number of primary amides is 1. The van der Waals surface area contributed by atoms with Crippen molar-refractivity contribution in [2.24, 2.45) is 15.7 Å². The third-order valence-corrected chi connectivity index (χ3v) is 7.06. The van der Waals surface area contributed by atoms with E-state index in [1.54, 1.807) is 4.90 Å². The van der Waals surface area contributed by atoms with E-state index in [2.05, 4.69) is 10.2 Å². The molecular weight excluding hydrogens is 468 g/mol. The van der Waals surface area contributed by atoms with Crippen LogP contribution in [-0.4, -0.2) is 83.8 Å². The number of nitrogens with zero attached hydrogens (tertiary/aromatic N) is 6. The maximum absolute atomic E-state index is 12.2. The lowest BCUT2D eigenvalue weighted by Gasteiger charge is -2.34. The second-order valence-electron chi connectivity index (χ2n) is 9.98. The highest BCUT2D eigenvalue weighted by atomic mass is 16.2. The second kappa shape index (κ2) is 12.1. The Kier molecular flexibility index (Phi) is 8.62. The summed E-state index contributed by atoms with van der Waals surface area (Å²) in [6.07, 6.45) is 7.03.